The van der Waals surface area contributed by atoms with Crippen molar-refractivity contribution in [3.63, 3.8) is 0 Å². The molecule has 10 heteroatoms. The Morgan fingerprint density at radius 2 is 2.00 bits per heavy atom. The lowest BCUT2D eigenvalue weighted by atomic mass is 10.1. The van der Waals surface area contributed by atoms with Gasteiger partial charge < -0.3 is 9.64 Å². The maximum Gasteiger partial charge on any atom is 0.338 e. The Hall–Kier alpha value is -2.10. The van der Waals surface area contributed by atoms with E-state index in [1.807, 2.05) is 4.90 Å². The number of carbonyl (C=O) groups is 1. The number of nitrogens with zero attached hydrogens (tertiary/aromatic N) is 2. The lowest BCUT2D eigenvalue weighted by molar-refractivity contribution is 0.0526. The zero-order chi connectivity index (χ0) is 22.2. The summed E-state index contributed by atoms with van der Waals surface area (Å²) in [6.45, 7) is 2.35. The number of hydrogen-bond donors (Lipinski definition) is 0. The minimum atomic E-state index is -3.07. The fourth-order valence-corrected chi connectivity index (χ4v) is 7.56. The molecule has 0 spiro atoms. The number of ether oxygens (including phenoxy) is 1. The van der Waals surface area contributed by atoms with Gasteiger partial charge in [0.1, 0.15) is 5.82 Å². The number of fused-ring (bicyclic) bond motifs is 1. The molecule has 0 saturated carbocycles. The Morgan fingerprint density at radius 3 is 2.65 bits per heavy atom. The number of anilines is 1. The van der Waals surface area contributed by atoms with Gasteiger partial charge in [-0.3, -0.25) is 4.99 Å². The molecule has 2 aromatic carbocycles. The van der Waals surface area contributed by atoms with Gasteiger partial charge in [0, 0.05) is 16.0 Å². The molecule has 31 heavy (non-hydrogen) atoms. The molecule has 2 aliphatic heterocycles. The summed E-state index contributed by atoms with van der Waals surface area (Å²) < 4.78 is 42.4. The number of esters is 1. The first kappa shape index (κ1) is 22.1. The summed E-state index contributed by atoms with van der Waals surface area (Å²) in [6.07, 6.45) is 0. The Balaban J connectivity index is 1.66. The first-order valence-corrected chi connectivity index (χ1v) is 12.8. The van der Waals surface area contributed by atoms with E-state index in [4.69, 9.17) is 16.3 Å². The van der Waals surface area contributed by atoms with Crippen LogP contribution < -0.4 is 4.90 Å². The standard InChI is InChI=1S/C21H20ClFN2O4S2/c1-2-29-20(26)13-4-7-16(8-5-13)25(10-14-3-6-15(23)9-17(14)22)21-24-18-11-31(27,28)12-19(18)30-21/h3-9,18-19H,2,10-12H2,1H3/t18-,19-/m0/s1. The van der Waals surface area contributed by atoms with E-state index in [9.17, 15) is 17.6 Å². The van der Waals surface area contributed by atoms with Crippen LogP contribution in [0.2, 0.25) is 5.02 Å². The molecule has 2 aromatic rings. The molecule has 0 unspecified atom stereocenters. The highest BCUT2D eigenvalue weighted by atomic mass is 35.5. The number of amidine groups is 1. The lowest BCUT2D eigenvalue weighted by Crippen LogP contribution is -2.28. The van der Waals surface area contributed by atoms with Crippen molar-refractivity contribution < 1.29 is 22.3 Å². The Labute approximate surface area is 189 Å². The lowest BCUT2D eigenvalue weighted by Gasteiger charge is -2.25. The van der Waals surface area contributed by atoms with Crippen LogP contribution in [0.1, 0.15) is 22.8 Å². The van der Waals surface area contributed by atoms with Crippen molar-refractivity contribution in [3.8, 4) is 0 Å². The van der Waals surface area contributed by atoms with Crippen molar-refractivity contribution in [2.75, 3.05) is 23.0 Å². The van der Waals surface area contributed by atoms with Crippen molar-refractivity contribution >= 4 is 50.0 Å². The summed E-state index contributed by atoms with van der Waals surface area (Å²) in [6, 6.07) is 10.8. The predicted octanol–water partition coefficient (Wildman–Crippen LogP) is 3.93. The molecule has 0 amide bonds. The number of benzene rings is 2. The van der Waals surface area contributed by atoms with E-state index >= 15 is 0 Å². The fourth-order valence-electron chi connectivity index (χ4n) is 3.55. The molecule has 0 radical (unpaired) electrons. The second-order valence-corrected chi connectivity index (χ2v) is 11.1. The summed E-state index contributed by atoms with van der Waals surface area (Å²) in [5, 5.41) is 0.846. The molecular formula is C21H20ClFN2O4S2. The average Bonchev–Trinajstić information content (AvgIpc) is 3.21. The second-order valence-electron chi connectivity index (χ2n) is 7.30. The first-order valence-electron chi connectivity index (χ1n) is 9.69. The summed E-state index contributed by atoms with van der Waals surface area (Å²) in [4.78, 5) is 18.5. The normalized spacial score (nSPS) is 21.5. The Bertz CT molecular complexity index is 1140. The van der Waals surface area contributed by atoms with Crippen LogP contribution in [-0.2, 0) is 21.1 Å². The van der Waals surface area contributed by atoms with Crippen LogP contribution in [0.4, 0.5) is 10.1 Å². The zero-order valence-electron chi connectivity index (χ0n) is 16.6. The van der Waals surface area contributed by atoms with Gasteiger partial charge in [-0.25, -0.2) is 17.6 Å². The molecule has 2 heterocycles. The summed E-state index contributed by atoms with van der Waals surface area (Å²) in [5.74, 6) is -0.690. The van der Waals surface area contributed by atoms with E-state index in [1.54, 1.807) is 37.3 Å². The van der Waals surface area contributed by atoms with Gasteiger partial charge in [-0.05, 0) is 48.9 Å². The highest BCUT2D eigenvalue weighted by Gasteiger charge is 2.44. The van der Waals surface area contributed by atoms with Gasteiger partial charge >= 0.3 is 5.97 Å². The molecule has 2 atom stereocenters. The van der Waals surface area contributed by atoms with E-state index in [2.05, 4.69) is 4.99 Å². The van der Waals surface area contributed by atoms with Crippen molar-refractivity contribution in [1.29, 1.82) is 0 Å². The maximum atomic E-state index is 13.5. The molecule has 164 valence electrons. The van der Waals surface area contributed by atoms with Gasteiger partial charge in [-0.15, -0.1) is 0 Å². The zero-order valence-corrected chi connectivity index (χ0v) is 19.0. The number of aliphatic imine (C=N–C) groups is 1. The van der Waals surface area contributed by atoms with Crippen LogP contribution in [0, 0.1) is 5.82 Å². The van der Waals surface area contributed by atoms with Crippen LogP contribution in [0.5, 0.6) is 0 Å². The molecule has 6 nitrogen and oxygen atoms in total. The van der Waals surface area contributed by atoms with E-state index in [1.165, 1.54) is 23.9 Å². The second kappa shape index (κ2) is 8.80. The summed E-state index contributed by atoms with van der Waals surface area (Å²) >= 11 is 7.67. The van der Waals surface area contributed by atoms with Gasteiger partial charge in [-0.1, -0.05) is 29.4 Å². The molecule has 2 aliphatic rings. The highest BCUT2D eigenvalue weighted by Crippen LogP contribution is 2.38. The van der Waals surface area contributed by atoms with Crippen molar-refractivity contribution in [1.82, 2.24) is 0 Å². The van der Waals surface area contributed by atoms with Crippen LogP contribution in [-0.4, -0.2) is 49.0 Å². The Kier molecular flexibility index (Phi) is 6.27. The number of halogens is 2. The molecule has 0 aliphatic carbocycles. The van der Waals surface area contributed by atoms with Gasteiger partial charge in [-0.2, -0.15) is 0 Å². The van der Waals surface area contributed by atoms with Crippen LogP contribution in [0.15, 0.2) is 47.5 Å². The van der Waals surface area contributed by atoms with Gasteiger partial charge in [0.15, 0.2) is 15.0 Å². The van der Waals surface area contributed by atoms with Gasteiger partial charge in [0.05, 0.1) is 36.3 Å². The Morgan fingerprint density at radius 1 is 1.26 bits per heavy atom. The van der Waals surface area contributed by atoms with Gasteiger partial charge in [0.25, 0.3) is 0 Å². The third kappa shape index (κ3) is 4.88. The third-order valence-electron chi connectivity index (χ3n) is 5.07. The molecule has 0 N–H and O–H groups in total. The molecular weight excluding hydrogens is 463 g/mol. The van der Waals surface area contributed by atoms with Crippen LogP contribution in [0.3, 0.4) is 0 Å². The van der Waals surface area contributed by atoms with Crippen molar-refractivity contribution in [2.24, 2.45) is 4.99 Å². The average molecular weight is 483 g/mol. The molecule has 4 rings (SSSR count). The minimum Gasteiger partial charge on any atom is -0.462 e. The summed E-state index contributed by atoms with van der Waals surface area (Å²) in [7, 11) is -3.07. The van der Waals surface area contributed by atoms with Crippen LogP contribution in [0.25, 0.3) is 0 Å². The van der Waals surface area contributed by atoms with E-state index in [0.717, 1.165) is 5.69 Å². The van der Waals surface area contributed by atoms with Crippen molar-refractivity contribution in [2.45, 2.75) is 24.8 Å². The highest BCUT2D eigenvalue weighted by molar-refractivity contribution is 8.15. The number of carbonyl (C=O) groups excluding carboxylic acids is 1. The number of thioether (sulfide) groups is 1. The first-order chi connectivity index (χ1) is 14.8. The largest absolute Gasteiger partial charge is 0.462 e. The molecule has 1 saturated heterocycles. The number of rotatable bonds is 5. The maximum absolute atomic E-state index is 13.5. The smallest absolute Gasteiger partial charge is 0.338 e. The topological polar surface area (TPSA) is 76.0 Å². The quantitative estimate of drug-likeness (QED) is 0.601. The minimum absolute atomic E-state index is 0.0428. The van der Waals surface area contributed by atoms with E-state index < -0.39 is 21.6 Å². The molecule has 0 aromatic heterocycles. The summed E-state index contributed by atoms with van der Waals surface area (Å²) in [5.41, 5.74) is 1.88. The monoisotopic (exact) mass is 482 g/mol. The van der Waals surface area contributed by atoms with Crippen LogP contribution >= 0.6 is 23.4 Å². The van der Waals surface area contributed by atoms with Gasteiger partial charge in [0.2, 0.25) is 0 Å². The fraction of sp³-hybridized carbons (Fsp3) is 0.333. The number of hydrogen-bond acceptors (Lipinski definition) is 7. The predicted molar refractivity (Wildman–Crippen MR) is 121 cm³/mol. The number of sulfone groups is 1. The van der Waals surface area contributed by atoms with Crippen molar-refractivity contribution in [3.05, 3.63) is 64.4 Å². The molecule has 0 bridgehead atoms. The van der Waals surface area contributed by atoms with E-state index in [0.29, 0.717) is 27.9 Å². The molecule has 1 fully saturated rings. The SMILES string of the molecule is CCOC(=O)c1ccc(N(Cc2ccc(F)cc2Cl)C2=N[C@H]3CS(=O)(=O)C[C@@H]3S2)cc1. The third-order valence-corrected chi connectivity index (χ3v) is 8.67. The van der Waals surface area contributed by atoms with E-state index in [-0.39, 0.29) is 29.4 Å².